The second-order valence-corrected chi connectivity index (χ2v) is 3.37. The van der Waals surface area contributed by atoms with Gasteiger partial charge in [0.1, 0.15) is 0 Å². The highest BCUT2D eigenvalue weighted by atomic mass is 35.5. The molecule has 1 fully saturated rings. The Balaban J connectivity index is 0.00000144. The normalized spacial score (nSPS) is 23.8. The molecule has 0 aliphatic carbocycles. The predicted molar refractivity (Wildman–Crippen MR) is 48.1 cm³/mol. The fourth-order valence-corrected chi connectivity index (χ4v) is 1.54. The van der Waals surface area contributed by atoms with Crippen LogP contribution in [-0.2, 0) is 0 Å². The molecule has 1 nitrogen and oxygen atoms in total. The second kappa shape index (κ2) is 5.70. The van der Waals surface area contributed by atoms with Crippen LogP contribution in [0.15, 0.2) is 0 Å². The average Bonchev–Trinajstić information content (AvgIpc) is 2.02. The highest BCUT2D eigenvalue weighted by Gasteiger charge is 2.28. The molecule has 1 aliphatic rings. The van der Waals surface area contributed by atoms with Crippen LogP contribution < -0.4 is 5.32 Å². The summed E-state index contributed by atoms with van der Waals surface area (Å²) in [5.41, 5.74) is 0. The van der Waals surface area contributed by atoms with Gasteiger partial charge in [-0.15, -0.1) is 12.4 Å². The van der Waals surface area contributed by atoms with E-state index in [1.807, 2.05) is 0 Å². The molecule has 1 atom stereocenters. The molecule has 1 aliphatic heterocycles. The Morgan fingerprint density at radius 1 is 1.31 bits per heavy atom. The predicted octanol–water partition coefficient (Wildman–Crippen LogP) is 2.75. The van der Waals surface area contributed by atoms with E-state index in [2.05, 4.69) is 5.32 Å². The van der Waals surface area contributed by atoms with Crippen LogP contribution >= 0.6 is 12.4 Å². The van der Waals surface area contributed by atoms with Gasteiger partial charge >= 0.3 is 6.18 Å². The van der Waals surface area contributed by atoms with Crippen LogP contribution in [0.5, 0.6) is 0 Å². The summed E-state index contributed by atoms with van der Waals surface area (Å²) in [5, 5.41) is 3.10. The molecule has 1 saturated heterocycles. The average molecular weight is 218 g/mol. The monoisotopic (exact) mass is 217 g/mol. The van der Waals surface area contributed by atoms with Crippen molar-refractivity contribution in [1.82, 2.24) is 5.32 Å². The lowest BCUT2D eigenvalue weighted by molar-refractivity contribution is -0.137. The molecule has 1 heterocycles. The van der Waals surface area contributed by atoms with E-state index in [9.17, 15) is 13.2 Å². The zero-order valence-electron chi connectivity index (χ0n) is 7.36. The van der Waals surface area contributed by atoms with E-state index in [1.54, 1.807) is 0 Å². The van der Waals surface area contributed by atoms with Crippen molar-refractivity contribution in [3.8, 4) is 0 Å². The van der Waals surface area contributed by atoms with Gasteiger partial charge in [0.05, 0.1) is 0 Å². The summed E-state index contributed by atoms with van der Waals surface area (Å²) in [4.78, 5) is 0. The summed E-state index contributed by atoms with van der Waals surface area (Å²) in [6.07, 6.45) is -2.35. The molecule has 0 aromatic heterocycles. The van der Waals surface area contributed by atoms with Crippen LogP contribution in [0.2, 0.25) is 0 Å². The van der Waals surface area contributed by atoms with E-state index in [0.717, 1.165) is 25.9 Å². The summed E-state index contributed by atoms with van der Waals surface area (Å²) in [6, 6.07) is 0. The largest absolute Gasteiger partial charge is 0.389 e. The van der Waals surface area contributed by atoms with Gasteiger partial charge in [-0.2, -0.15) is 13.2 Å². The maximum Gasteiger partial charge on any atom is 0.389 e. The number of hydrogen-bond donors (Lipinski definition) is 1. The molecule has 5 heteroatoms. The van der Waals surface area contributed by atoms with Crippen molar-refractivity contribution in [1.29, 1.82) is 0 Å². The van der Waals surface area contributed by atoms with Gasteiger partial charge in [-0.05, 0) is 38.3 Å². The number of hydrogen-bond acceptors (Lipinski definition) is 1. The van der Waals surface area contributed by atoms with Crippen molar-refractivity contribution < 1.29 is 13.2 Å². The summed E-state index contributed by atoms with van der Waals surface area (Å²) in [7, 11) is 0. The zero-order valence-corrected chi connectivity index (χ0v) is 8.18. The number of nitrogens with one attached hydrogen (secondary N) is 1. The van der Waals surface area contributed by atoms with Crippen LogP contribution in [0.4, 0.5) is 13.2 Å². The lowest BCUT2D eigenvalue weighted by atomic mass is 9.95. The SMILES string of the molecule is Cl.FC(F)(F)CCC1CCCNC1. The van der Waals surface area contributed by atoms with Crippen LogP contribution in [-0.4, -0.2) is 19.3 Å². The maximum absolute atomic E-state index is 11.8. The van der Waals surface area contributed by atoms with Gasteiger partial charge in [-0.1, -0.05) is 0 Å². The number of alkyl halides is 3. The molecule has 0 amide bonds. The third-order valence-electron chi connectivity index (χ3n) is 2.23. The Hall–Kier alpha value is 0.0400. The van der Waals surface area contributed by atoms with Crippen molar-refractivity contribution in [2.24, 2.45) is 5.92 Å². The van der Waals surface area contributed by atoms with E-state index in [1.165, 1.54) is 0 Å². The summed E-state index contributed by atoms with van der Waals surface area (Å²) >= 11 is 0. The number of rotatable bonds is 2. The molecule has 0 spiro atoms. The molecule has 80 valence electrons. The first kappa shape index (κ1) is 13.0. The van der Waals surface area contributed by atoms with E-state index in [4.69, 9.17) is 0 Å². The molecule has 0 aromatic rings. The maximum atomic E-state index is 11.8. The fourth-order valence-electron chi connectivity index (χ4n) is 1.54. The lowest BCUT2D eigenvalue weighted by Crippen LogP contribution is -2.30. The van der Waals surface area contributed by atoms with Crippen LogP contribution in [0.1, 0.15) is 25.7 Å². The van der Waals surface area contributed by atoms with Crippen LogP contribution in [0.3, 0.4) is 0 Å². The summed E-state index contributed by atoms with van der Waals surface area (Å²) < 4.78 is 35.4. The number of piperidine rings is 1. The van der Waals surface area contributed by atoms with E-state index in [0.29, 0.717) is 0 Å². The third kappa shape index (κ3) is 6.16. The Morgan fingerprint density at radius 2 is 2.00 bits per heavy atom. The van der Waals surface area contributed by atoms with Crippen molar-refractivity contribution in [2.45, 2.75) is 31.9 Å². The van der Waals surface area contributed by atoms with Crippen LogP contribution in [0, 0.1) is 5.92 Å². The Labute approximate surface area is 82.5 Å². The van der Waals surface area contributed by atoms with Crippen LogP contribution in [0.25, 0.3) is 0 Å². The van der Waals surface area contributed by atoms with Gasteiger partial charge in [0.25, 0.3) is 0 Å². The minimum Gasteiger partial charge on any atom is -0.316 e. The standard InChI is InChI=1S/C8H14F3N.ClH/c9-8(10,11)4-3-7-2-1-5-12-6-7;/h7,12H,1-6H2;1H. The van der Waals surface area contributed by atoms with Crippen molar-refractivity contribution in [3.63, 3.8) is 0 Å². The van der Waals surface area contributed by atoms with E-state index in [-0.39, 0.29) is 24.7 Å². The minimum atomic E-state index is -3.97. The van der Waals surface area contributed by atoms with Crippen molar-refractivity contribution >= 4 is 12.4 Å². The smallest absolute Gasteiger partial charge is 0.316 e. The first-order valence-electron chi connectivity index (χ1n) is 4.35. The van der Waals surface area contributed by atoms with Crippen molar-refractivity contribution in [3.05, 3.63) is 0 Å². The first-order chi connectivity index (χ1) is 5.58. The topological polar surface area (TPSA) is 12.0 Å². The molecule has 1 N–H and O–H groups in total. The lowest BCUT2D eigenvalue weighted by Gasteiger charge is -2.22. The van der Waals surface area contributed by atoms with E-state index < -0.39 is 12.6 Å². The molecule has 1 unspecified atom stereocenters. The van der Waals surface area contributed by atoms with Gasteiger partial charge in [0, 0.05) is 6.42 Å². The first-order valence-corrected chi connectivity index (χ1v) is 4.35. The molecule has 0 saturated carbocycles. The molecule has 0 aromatic carbocycles. The molecular formula is C8H15ClF3N. The Bertz CT molecular complexity index is 132. The van der Waals surface area contributed by atoms with Gasteiger partial charge in [-0.3, -0.25) is 0 Å². The summed E-state index contributed by atoms with van der Waals surface area (Å²) in [5.74, 6) is 0.236. The Morgan fingerprint density at radius 3 is 2.46 bits per heavy atom. The molecule has 13 heavy (non-hydrogen) atoms. The zero-order chi connectivity index (χ0) is 9.03. The van der Waals surface area contributed by atoms with Gasteiger partial charge in [0.15, 0.2) is 0 Å². The quantitative estimate of drug-likeness (QED) is 0.750. The Kier molecular flexibility index (Phi) is 5.72. The van der Waals surface area contributed by atoms with Gasteiger partial charge < -0.3 is 5.32 Å². The highest BCUT2D eigenvalue weighted by molar-refractivity contribution is 5.85. The second-order valence-electron chi connectivity index (χ2n) is 3.37. The number of halogens is 4. The molecular weight excluding hydrogens is 203 g/mol. The van der Waals surface area contributed by atoms with Gasteiger partial charge in [-0.25, -0.2) is 0 Å². The third-order valence-corrected chi connectivity index (χ3v) is 2.23. The van der Waals surface area contributed by atoms with Gasteiger partial charge in [0.2, 0.25) is 0 Å². The fraction of sp³-hybridized carbons (Fsp3) is 1.00. The summed E-state index contributed by atoms with van der Waals surface area (Å²) in [6.45, 7) is 1.72. The minimum absolute atomic E-state index is 0. The highest BCUT2D eigenvalue weighted by Crippen LogP contribution is 2.26. The molecule has 0 bridgehead atoms. The molecule has 1 rings (SSSR count). The van der Waals surface area contributed by atoms with E-state index >= 15 is 0 Å². The van der Waals surface area contributed by atoms with Crippen molar-refractivity contribution in [2.75, 3.05) is 13.1 Å². The molecule has 0 radical (unpaired) electrons.